The first-order valence-corrected chi connectivity index (χ1v) is 9.18. The Morgan fingerprint density at radius 3 is 2.40 bits per heavy atom. The van der Waals surface area contributed by atoms with E-state index < -0.39 is 0 Å². The molecule has 0 saturated heterocycles. The molecule has 108 valence electrons. The van der Waals surface area contributed by atoms with Crippen LogP contribution in [0.15, 0.2) is 44.7 Å². The van der Waals surface area contributed by atoms with Crippen molar-refractivity contribution in [1.82, 2.24) is 5.32 Å². The lowest BCUT2D eigenvalue weighted by Gasteiger charge is -2.21. The highest BCUT2D eigenvalue weighted by Gasteiger charge is 2.13. The van der Waals surface area contributed by atoms with Crippen LogP contribution in [0, 0.1) is 5.92 Å². The number of rotatable bonds is 6. The Morgan fingerprint density at radius 2 is 1.85 bits per heavy atom. The lowest BCUT2D eigenvalue weighted by molar-refractivity contribution is 0.430. The summed E-state index contributed by atoms with van der Waals surface area (Å²) >= 11 is 8.87. The number of hydrogen-bond acceptors (Lipinski definition) is 2. The minimum absolute atomic E-state index is 0.413. The first-order valence-electron chi connectivity index (χ1n) is 6.78. The van der Waals surface area contributed by atoms with E-state index in [-0.39, 0.29) is 0 Å². The summed E-state index contributed by atoms with van der Waals surface area (Å²) in [6.07, 6.45) is 1.15. The smallest absolute Gasteiger partial charge is 0.0843 e. The van der Waals surface area contributed by atoms with Crippen molar-refractivity contribution in [3.63, 3.8) is 0 Å². The second-order valence-electron chi connectivity index (χ2n) is 5.31. The van der Waals surface area contributed by atoms with Gasteiger partial charge in [0.2, 0.25) is 0 Å². The summed E-state index contributed by atoms with van der Waals surface area (Å²) in [5, 5.41) is 3.69. The molecule has 0 aliphatic rings. The van der Waals surface area contributed by atoms with Crippen LogP contribution in [-0.4, -0.2) is 0 Å². The van der Waals surface area contributed by atoms with Gasteiger partial charge in [0.05, 0.1) is 3.79 Å². The molecule has 1 unspecified atom stereocenters. The van der Waals surface area contributed by atoms with Gasteiger partial charge in [-0.3, -0.25) is 0 Å². The molecule has 2 rings (SSSR count). The fourth-order valence-electron chi connectivity index (χ4n) is 2.20. The minimum Gasteiger partial charge on any atom is -0.305 e. The van der Waals surface area contributed by atoms with Gasteiger partial charge in [-0.25, -0.2) is 0 Å². The van der Waals surface area contributed by atoms with Crippen molar-refractivity contribution < 1.29 is 0 Å². The van der Waals surface area contributed by atoms with Gasteiger partial charge >= 0.3 is 0 Å². The van der Waals surface area contributed by atoms with Crippen molar-refractivity contribution in [3.05, 3.63) is 55.1 Å². The van der Waals surface area contributed by atoms with Crippen LogP contribution in [0.5, 0.6) is 0 Å². The predicted octanol–water partition coefficient (Wildman–Crippen LogP) is 6.15. The minimum atomic E-state index is 0.413. The fraction of sp³-hybridized carbons (Fsp3) is 0.375. The quantitative estimate of drug-likeness (QED) is 0.595. The molecule has 1 aromatic carbocycles. The zero-order chi connectivity index (χ0) is 14.5. The molecular formula is C16H19Br2NS. The third kappa shape index (κ3) is 4.69. The maximum Gasteiger partial charge on any atom is 0.0843 e. The SMILES string of the molecule is CC(C)CC(NCc1cc(Br)c(Br)s1)c1ccccc1. The van der Waals surface area contributed by atoms with Crippen molar-refractivity contribution in [2.24, 2.45) is 5.92 Å². The second-order valence-corrected chi connectivity index (χ2v) is 8.62. The highest BCUT2D eigenvalue weighted by molar-refractivity contribution is 9.13. The molecule has 1 nitrogen and oxygen atoms in total. The zero-order valence-corrected chi connectivity index (χ0v) is 15.7. The summed E-state index contributed by atoms with van der Waals surface area (Å²) in [6, 6.07) is 13.3. The summed E-state index contributed by atoms with van der Waals surface area (Å²) < 4.78 is 2.30. The first-order chi connectivity index (χ1) is 9.56. The molecule has 0 fully saturated rings. The van der Waals surface area contributed by atoms with E-state index in [0.29, 0.717) is 12.0 Å². The van der Waals surface area contributed by atoms with Crippen molar-refractivity contribution in [2.45, 2.75) is 32.9 Å². The van der Waals surface area contributed by atoms with Crippen LogP contribution in [0.3, 0.4) is 0 Å². The van der Waals surface area contributed by atoms with Gasteiger partial charge in [-0.2, -0.15) is 0 Å². The molecule has 0 amide bonds. The van der Waals surface area contributed by atoms with Gasteiger partial charge in [0.25, 0.3) is 0 Å². The molecule has 2 aromatic rings. The predicted molar refractivity (Wildman–Crippen MR) is 95.2 cm³/mol. The van der Waals surface area contributed by atoms with Gasteiger partial charge < -0.3 is 5.32 Å². The number of halogens is 2. The lowest BCUT2D eigenvalue weighted by atomic mass is 9.97. The van der Waals surface area contributed by atoms with Gasteiger partial charge in [0.15, 0.2) is 0 Å². The summed E-state index contributed by atoms with van der Waals surface area (Å²) in [6.45, 7) is 5.45. The fourth-order valence-corrected chi connectivity index (χ4v) is 4.32. The second kappa shape index (κ2) is 7.74. The number of thiophene rings is 1. The molecule has 1 aromatic heterocycles. The molecule has 1 N–H and O–H groups in total. The van der Waals surface area contributed by atoms with Crippen molar-refractivity contribution in [1.29, 1.82) is 0 Å². The van der Waals surface area contributed by atoms with E-state index in [1.54, 1.807) is 11.3 Å². The Kier molecular flexibility index (Phi) is 6.27. The molecule has 4 heteroatoms. The summed E-state index contributed by atoms with van der Waals surface area (Å²) in [4.78, 5) is 1.34. The third-order valence-corrected chi connectivity index (χ3v) is 6.38. The van der Waals surface area contributed by atoms with Crippen LogP contribution in [0.1, 0.15) is 36.8 Å². The van der Waals surface area contributed by atoms with Crippen molar-refractivity contribution in [3.8, 4) is 0 Å². The highest BCUT2D eigenvalue weighted by Crippen LogP contribution is 2.32. The molecule has 0 saturated carbocycles. The third-order valence-electron chi connectivity index (χ3n) is 3.13. The molecule has 1 atom stereocenters. The average molecular weight is 417 g/mol. The maximum atomic E-state index is 3.69. The van der Waals surface area contributed by atoms with Gasteiger partial charge in [-0.05, 0) is 55.8 Å². The Morgan fingerprint density at radius 1 is 1.15 bits per heavy atom. The van der Waals surface area contributed by atoms with E-state index in [9.17, 15) is 0 Å². The topological polar surface area (TPSA) is 12.0 Å². The summed E-state index contributed by atoms with van der Waals surface area (Å²) in [5.74, 6) is 0.675. The molecule has 0 aliphatic carbocycles. The molecule has 0 radical (unpaired) electrons. The van der Waals surface area contributed by atoms with E-state index in [4.69, 9.17) is 0 Å². The zero-order valence-electron chi connectivity index (χ0n) is 11.7. The van der Waals surface area contributed by atoms with Crippen LogP contribution in [-0.2, 0) is 6.54 Å². The van der Waals surface area contributed by atoms with E-state index in [1.165, 1.54) is 10.4 Å². The van der Waals surface area contributed by atoms with Crippen LogP contribution >= 0.6 is 43.2 Å². The number of benzene rings is 1. The van der Waals surface area contributed by atoms with Crippen LogP contribution in [0.2, 0.25) is 0 Å². The van der Waals surface area contributed by atoms with E-state index >= 15 is 0 Å². The summed E-state index contributed by atoms with van der Waals surface area (Å²) in [5.41, 5.74) is 1.37. The Hall–Kier alpha value is -0.160. The maximum absolute atomic E-state index is 3.69. The van der Waals surface area contributed by atoms with Gasteiger partial charge in [-0.15, -0.1) is 11.3 Å². The monoisotopic (exact) mass is 415 g/mol. The molecular weight excluding hydrogens is 398 g/mol. The molecule has 0 aliphatic heterocycles. The molecule has 0 spiro atoms. The van der Waals surface area contributed by atoms with Gasteiger partial charge in [-0.1, -0.05) is 44.2 Å². The first kappa shape index (κ1) is 16.2. The molecule has 1 heterocycles. The Balaban J connectivity index is 2.04. The van der Waals surface area contributed by atoms with Crippen LogP contribution in [0.4, 0.5) is 0 Å². The van der Waals surface area contributed by atoms with Crippen LogP contribution in [0.25, 0.3) is 0 Å². The van der Waals surface area contributed by atoms with Crippen molar-refractivity contribution >= 4 is 43.2 Å². The van der Waals surface area contributed by atoms with E-state index in [0.717, 1.165) is 21.2 Å². The number of nitrogens with one attached hydrogen (secondary N) is 1. The average Bonchev–Trinajstić information content (AvgIpc) is 2.74. The van der Waals surface area contributed by atoms with Gasteiger partial charge in [0.1, 0.15) is 0 Å². The van der Waals surface area contributed by atoms with E-state index in [2.05, 4.69) is 87.4 Å². The Labute approximate surface area is 142 Å². The van der Waals surface area contributed by atoms with Crippen molar-refractivity contribution in [2.75, 3.05) is 0 Å². The Bertz CT molecular complexity index is 517. The number of hydrogen-bond donors (Lipinski definition) is 1. The summed E-state index contributed by atoms with van der Waals surface area (Å²) in [7, 11) is 0. The molecule has 20 heavy (non-hydrogen) atoms. The van der Waals surface area contributed by atoms with E-state index in [1.807, 2.05) is 0 Å². The normalized spacial score (nSPS) is 12.8. The van der Waals surface area contributed by atoms with Crippen LogP contribution < -0.4 is 5.32 Å². The largest absolute Gasteiger partial charge is 0.305 e. The van der Waals surface area contributed by atoms with Gasteiger partial charge in [0, 0.05) is 21.9 Å². The lowest BCUT2D eigenvalue weighted by Crippen LogP contribution is -2.22. The standard InChI is InChI=1S/C16H19Br2NS/c1-11(2)8-15(12-6-4-3-5-7-12)19-10-13-9-14(17)16(18)20-13/h3-7,9,11,15,19H,8,10H2,1-2H3. The highest BCUT2D eigenvalue weighted by atomic mass is 79.9. The molecule has 0 bridgehead atoms.